The van der Waals surface area contributed by atoms with Crippen molar-refractivity contribution in [3.8, 4) is 0 Å². The minimum Gasteiger partial charge on any atom is -0.477 e. The molecule has 4 rings (SSSR count). The number of aromatic carboxylic acids is 1. The highest BCUT2D eigenvalue weighted by Crippen LogP contribution is 2.41. The molecule has 0 aromatic carbocycles. The van der Waals surface area contributed by atoms with E-state index in [0.717, 1.165) is 11.8 Å². The van der Waals surface area contributed by atoms with Crippen LogP contribution >= 0.6 is 23.5 Å². The molecule has 14 heteroatoms. The monoisotopic (exact) mass is 438 g/mol. The smallest absolute Gasteiger partial charge is 0.355 e. The van der Waals surface area contributed by atoms with Crippen molar-refractivity contribution >= 4 is 47.1 Å². The number of aromatic nitrogens is 4. The van der Waals surface area contributed by atoms with E-state index in [2.05, 4.69) is 15.1 Å². The predicted octanol–water partition coefficient (Wildman–Crippen LogP) is -1.01. The zero-order chi connectivity index (χ0) is 20.9. The van der Waals surface area contributed by atoms with Crippen molar-refractivity contribution in [1.82, 2.24) is 24.5 Å². The number of carboxylic acids is 2. The third kappa shape index (κ3) is 3.23. The molecule has 0 saturated carbocycles. The standard InChI is InChI=1S/C15H14N6O6S2/c16-8-11(23)21-10(14(26)27)5(4-29-12(8)21)3-28-6-1-20-15(17-7(2-22)19-20)18-9(6)13(24)25/h1,8,12,22H,2-4,16H2,(H,24,25)(H,26,27)/t8?,12-/m0/s1. The van der Waals surface area contributed by atoms with Gasteiger partial charge in [-0.3, -0.25) is 9.69 Å². The fourth-order valence-electron chi connectivity index (χ4n) is 3.03. The van der Waals surface area contributed by atoms with Crippen LogP contribution in [-0.4, -0.2) is 80.6 Å². The van der Waals surface area contributed by atoms with Crippen LogP contribution in [0.25, 0.3) is 5.78 Å². The van der Waals surface area contributed by atoms with Gasteiger partial charge in [-0.05, 0) is 5.57 Å². The number of carbonyl (C=O) groups excluding carboxylic acids is 1. The third-order valence-electron chi connectivity index (χ3n) is 4.38. The van der Waals surface area contributed by atoms with Gasteiger partial charge >= 0.3 is 11.9 Å². The maximum atomic E-state index is 12.0. The average Bonchev–Trinajstić information content (AvgIpc) is 3.11. The van der Waals surface area contributed by atoms with Crippen LogP contribution in [0.2, 0.25) is 0 Å². The number of carbonyl (C=O) groups is 3. The number of rotatable bonds is 6. The number of amides is 1. The molecule has 29 heavy (non-hydrogen) atoms. The molecule has 0 radical (unpaired) electrons. The number of nitrogens with two attached hydrogens (primary N) is 1. The molecule has 152 valence electrons. The number of carboxylic acid groups (broad SMARTS) is 2. The predicted molar refractivity (Wildman–Crippen MR) is 100 cm³/mol. The van der Waals surface area contributed by atoms with E-state index >= 15 is 0 Å². The van der Waals surface area contributed by atoms with Crippen molar-refractivity contribution in [3.05, 3.63) is 29.0 Å². The van der Waals surface area contributed by atoms with E-state index in [4.69, 9.17) is 10.8 Å². The summed E-state index contributed by atoms with van der Waals surface area (Å²) < 4.78 is 1.25. The van der Waals surface area contributed by atoms with Crippen molar-refractivity contribution in [2.75, 3.05) is 11.5 Å². The van der Waals surface area contributed by atoms with Gasteiger partial charge in [0.1, 0.15) is 23.7 Å². The molecule has 5 N–H and O–H groups in total. The molecule has 2 aromatic heterocycles. The Kier molecular flexibility index (Phi) is 4.94. The van der Waals surface area contributed by atoms with Crippen LogP contribution in [-0.2, 0) is 16.2 Å². The van der Waals surface area contributed by atoms with Crippen molar-refractivity contribution in [2.45, 2.75) is 22.9 Å². The van der Waals surface area contributed by atoms with Gasteiger partial charge in [-0.25, -0.2) is 19.1 Å². The van der Waals surface area contributed by atoms with Gasteiger partial charge in [0.05, 0.1) is 4.90 Å². The number of β-lactam (4-membered cyclic amide) rings is 1. The lowest BCUT2D eigenvalue weighted by atomic mass is 10.0. The first-order valence-electron chi connectivity index (χ1n) is 8.20. The number of aliphatic carboxylic acids is 1. The molecular weight excluding hydrogens is 424 g/mol. The van der Waals surface area contributed by atoms with Crippen molar-refractivity contribution in [3.63, 3.8) is 0 Å². The molecule has 0 aliphatic carbocycles. The summed E-state index contributed by atoms with van der Waals surface area (Å²) in [7, 11) is 0. The van der Waals surface area contributed by atoms with Gasteiger partial charge in [0.15, 0.2) is 11.5 Å². The summed E-state index contributed by atoms with van der Waals surface area (Å²) >= 11 is 2.43. The Labute approximate surface area is 170 Å². The molecule has 1 unspecified atom stereocenters. The maximum Gasteiger partial charge on any atom is 0.355 e. The minimum atomic E-state index is -1.28. The molecule has 2 aliphatic heterocycles. The summed E-state index contributed by atoms with van der Waals surface area (Å²) in [5.74, 6) is -2.36. The van der Waals surface area contributed by atoms with Crippen LogP contribution < -0.4 is 5.73 Å². The second kappa shape index (κ2) is 7.29. The number of hydrogen-bond donors (Lipinski definition) is 4. The first-order chi connectivity index (χ1) is 13.8. The minimum absolute atomic E-state index is 0.0254. The lowest BCUT2D eigenvalue weighted by Crippen LogP contribution is -2.68. The summed E-state index contributed by atoms with van der Waals surface area (Å²) in [6.45, 7) is -0.423. The summed E-state index contributed by atoms with van der Waals surface area (Å²) in [6.07, 6.45) is 1.41. The van der Waals surface area contributed by atoms with Gasteiger partial charge in [-0.15, -0.1) is 28.6 Å². The van der Waals surface area contributed by atoms with Gasteiger partial charge in [0.25, 0.3) is 5.78 Å². The molecule has 2 atom stereocenters. The van der Waals surface area contributed by atoms with Gasteiger partial charge in [-0.2, -0.15) is 4.98 Å². The first-order valence-corrected chi connectivity index (χ1v) is 10.2. The number of fused-ring (bicyclic) bond motifs is 2. The molecule has 1 saturated heterocycles. The Morgan fingerprint density at radius 3 is 2.72 bits per heavy atom. The van der Waals surface area contributed by atoms with Gasteiger partial charge < -0.3 is 21.1 Å². The third-order valence-corrected chi connectivity index (χ3v) is 6.84. The molecule has 1 fully saturated rings. The quantitative estimate of drug-likeness (QED) is 0.319. The maximum absolute atomic E-state index is 12.0. The van der Waals surface area contributed by atoms with Crippen LogP contribution in [0.4, 0.5) is 0 Å². The van der Waals surface area contributed by atoms with E-state index in [9.17, 15) is 24.6 Å². The highest BCUT2D eigenvalue weighted by atomic mass is 32.2. The van der Waals surface area contributed by atoms with Crippen molar-refractivity contribution in [1.29, 1.82) is 0 Å². The Balaban J connectivity index is 1.66. The summed E-state index contributed by atoms with van der Waals surface area (Å²) in [4.78, 5) is 44.6. The van der Waals surface area contributed by atoms with E-state index in [0.29, 0.717) is 11.3 Å². The fourth-order valence-corrected chi connectivity index (χ4v) is 5.46. The molecule has 2 aromatic rings. The van der Waals surface area contributed by atoms with Crippen molar-refractivity contribution in [2.24, 2.45) is 5.73 Å². The van der Waals surface area contributed by atoms with E-state index in [1.54, 1.807) is 0 Å². The van der Waals surface area contributed by atoms with E-state index in [1.807, 2.05) is 0 Å². The Bertz CT molecular complexity index is 1080. The van der Waals surface area contributed by atoms with Crippen LogP contribution in [0.5, 0.6) is 0 Å². The fraction of sp³-hybridized carbons (Fsp3) is 0.333. The Morgan fingerprint density at radius 2 is 2.07 bits per heavy atom. The number of thioether (sulfide) groups is 2. The highest BCUT2D eigenvalue weighted by Gasteiger charge is 2.51. The second-order valence-electron chi connectivity index (χ2n) is 6.17. The number of hydrogen-bond acceptors (Lipinski definition) is 10. The Morgan fingerprint density at radius 1 is 1.31 bits per heavy atom. The van der Waals surface area contributed by atoms with Gasteiger partial charge in [-0.1, -0.05) is 0 Å². The van der Waals surface area contributed by atoms with E-state index < -0.39 is 35.9 Å². The zero-order valence-corrected chi connectivity index (χ0v) is 16.2. The Hall–Kier alpha value is -2.68. The largest absolute Gasteiger partial charge is 0.477 e. The molecule has 12 nitrogen and oxygen atoms in total. The molecule has 2 aliphatic rings. The highest BCUT2D eigenvalue weighted by molar-refractivity contribution is 8.01. The number of nitrogens with zero attached hydrogens (tertiary/aromatic N) is 5. The van der Waals surface area contributed by atoms with Crippen molar-refractivity contribution < 1.29 is 29.7 Å². The summed E-state index contributed by atoms with van der Waals surface area (Å²) in [5.41, 5.74) is 5.84. The van der Waals surface area contributed by atoms with Crippen LogP contribution in [0.3, 0.4) is 0 Å². The lowest BCUT2D eigenvalue weighted by Gasteiger charge is -2.48. The van der Waals surface area contributed by atoms with Crippen LogP contribution in [0.15, 0.2) is 22.4 Å². The second-order valence-corrected chi connectivity index (χ2v) is 8.29. The average molecular weight is 438 g/mol. The number of aliphatic hydroxyl groups excluding tert-OH is 1. The zero-order valence-electron chi connectivity index (χ0n) is 14.5. The summed E-state index contributed by atoms with van der Waals surface area (Å²) in [5, 5.41) is 31.8. The SMILES string of the molecule is NC1C(=O)N2C(C(=O)O)=C(CSc3cn4nc(CO)nc4nc3C(=O)O)CS[C@@H]12. The van der Waals surface area contributed by atoms with E-state index in [-0.39, 0.29) is 33.6 Å². The lowest BCUT2D eigenvalue weighted by molar-refractivity contribution is -0.147. The number of aliphatic hydroxyl groups is 1. The summed E-state index contributed by atoms with van der Waals surface area (Å²) in [6, 6.07) is -0.721. The molecule has 0 bridgehead atoms. The first kappa shape index (κ1) is 19.6. The molecule has 4 heterocycles. The van der Waals surface area contributed by atoms with Gasteiger partial charge in [0, 0.05) is 17.7 Å². The topological polar surface area (TPSA) is 184 Å². The van der Waals surface area contributed by atoms with Gasteiger partial charge in [0.2, 0.25) is 5.91 Å². The molecular formula is C15H14N6O6S2. The van der Waals surface area contributed by atoms with Crippen LogP contribution in [0, 0.1) is 0 Å². The van der Waals surface area contributed by atoms with E-state index in [1.165, 1.54) is 27.4 Å². The van der Waals surface area contributed by atoms with Crippen LogP contribution in [0.1, 0.15) is 16.3 Å². The molecule has 1 amide bonds. The molecule has 0 spiro atoms. The normalized spacial score (nSPS) is 21.3.